The van der Waals surface area contributed by atoms with Gasteiger partial charge >= 0.3 is 0 Å². The molecule has 0 amide bonds. The Morgan fingerprint density at radius 2 is 1.94 bits per heavy atom. The van der Waals surface area contributed by atoms with Crippen molar-refractivity contribution < 1.29 is 4.74 Å². The molecule has 1 aliphatic rings. The van der Waals surface area contributed by atoms with Crippen LogP contribution in [-0.4, -0.2) is 27.3 Å². The lowest BCUT2D eigenvalue weighted by Gasteiger charge is -2.14. The molecule has 0 aromatic heterocycles. The summed E-state index contributed by atoms with van der Waals surface area (Å²) in [6, 6.07) is 9.05. The van der Waals surface area contributed by atoms with Gasteiger partial charge in [0.1, 0.15) is 0 Å². The molecule has 1 aromatic carbocycles. The van der Waals surface area contributed by atoms with E-state index >= 15 is 0 Å². The second kappa shape index (κ2) is 4.98. The Morgan fingerprint density at radius 1 is 1.25 bits per heavy atom. The van der Waals surface area contributed by atoms with Crippen LogP contribution in [0.2, 0.25) is 0 Å². The van der Waals surface area contributed by atoms with E-state index < -0.39 is 0 Å². The lowest BCUT2D eigenvalue weighted by molar-refractivity contribution is 0.171. The second-order valence-electron chi connectivity index (χ2n) is 4.76. The molecule has 0 saturated heterocycles. The predicted molar refractivity (Wildman–Crippen MR) is 66.9 cm³/mol. The average molecular weight is 219 g/mol. The zero-order valence-corrected chi connectivity index (χ0v) is 10.3. The molecule has 2 rings (SSSR count). The summed E-state index contributed by atoms with van der Waals surface area (Å²) in [5, 5.41) is 3.17. The van der Waals surface area contributed by atoms with Gasteiger partial charge in [-0.1, -0.05) is 24.3 Å². The van der Waals surface area contributed by atoms with Crippen LogP contribution >= 0.6 is 0 Å². The third-order valence-electron chi connectivity index (χ3n) is 3.50. The largest absolute Gasteiger partial charge is 0.384 e. The van der Waals surface area contributed by atoms with Gasteiger partial charge in [0.05, 0.1) is 6.61 Å². The fourth-order valence-electron chi connectivity index (χ4n) is 2.24. The van der Waals surface area contributed by atoms with Crippen LogP contribution in [0.25, 0.3) is 0 Å². The molecule has 0 unspecified atom stereocenters. The van der Waals surface area contributed by atoms with E-state index in [1.54, 1.807) is 7.11 Å². The minimum Gasteiger partial charge on any atom is -0.384 e. The minimum atomic E-state index is 0.344. The maximum Gasteiger partial charge on any atom is 0.0559 e. The van der Waals surface area contributed by atoms with Crippen molar-refractivity contribution in [2.45, 2.75) is 24.7 Å². The van der Waals surface area contributed by atoms with Gasteiger partial charge < -0.3 is 10.1 Å². The van der Waals surface area contributed by atoms with Gasteiger partial charge in [0.2, 0.25) is 0 Å². The highest BCUT2D eigenvalue weighted by Gasteiger charge is 2.44. The highest BCUT2D eigenvalue weighted by Crippen LogP contribution is 2.48. The first kappa shape index (κ1) is 11.6. The van der Waals surface area contributed by atoms with Gasteiger partial charge in [-0.05, 0) is 44.0 Å². The summed E-state index contributed by atoms with van der Waals surface area (Å²) in [4.78, 5) is 0. The number of rotatable bonds is 6. The third kappa shape index (κ3) is 2.45. The van der Waals surface area contributed by atoms with Crippen LogP contribution in [-0.2, 0) is 16.6 Å². The Hall–Kier alpha value is -0.860. The maximum atomic E-state index is 5.31. The van der Waals surface area contributed by atoms with E-state index in [0.29, 0.717) is 5.41 Å². The summed E-state index contributed by atoms with van der Waals surface area (Å²) >= 11 is 0. The van der Waals surface area contributed by atoms with Gasteiger partial charge in [0, 0.05) is 12.5 Å². The number of benzene rings is 1. The van der Waals surface area contributed by atoms with Gasteiger partial charge in [0.25, 0.3) is 0 Å². The van der Waals surface area contributed by atoms with Crippen LogP contribution in [0.1, 0.15) is 24.0 Å². The topological polar surface area (TPSA) is 21.3 Å². The highest BCUT2D eigenvalue weighted by atomic mass is 16.5. The Balaban J connectivity index is 2.02. The number of methoxy groups -OCH3 is 1. The van der Waals surface area contributed by atoms with E-state index in [2.05, 4.69) is 29.6 Å². The molecule has 2 nitrogen and oxygen atoms in total. The molecule has 1 fully saturated rings. The van der Waals surface area contributed by atoms with Crippen LogP contribution in [0.3, 0.4) is 0 Å². The summed E-state index contributed by atoms with van der Waals surface area (Å²) in [5.74, 6) is 0. The lowest BCUT2D eigenvalue weighted by atomic mass is 9.95. The molecule has 1 saturated carbocycles. The van der Waals surface area contributed by atoms with Crippen molar-refractivity contribution in [1.29, 1.82) is 0 Å². The fourth-order valence-corrected chi connectivity index (χ4v) is 2.24. The van der Waals surface area contributed by atoms with Crippen LogP contribution in [0, 0.1) is 0 Å². The molecule has 0 aliphatic heterocycles. The van der Waals surface area contributed by atoms with Gasteiger partial charge in [-0.15, -0.1) is 0 Å². The van der Waals surface area contributed by atoms with Crippen LogP contribution in [0.4, 0.5) is 0 Å². The first-order valence-electron chi connectivity index (χ1n) is 6.04. The molecule has 2 heteroatoms. The second-order valence-corrected chi connectivity index (χ2v) is 4.76. The Bertz CT molecular complexity index is 327. The molecule has 0 spiro atoms. The van der Waals surface area contributed by atoms with Gasteiger partial charge in [0.15, 0.2) is 0 Å². The van der Waals surface area contributed by atoms with Gasteiger partial charge in [-0.2, -0.15) is 0 Å². The van der Waals surface area contributed by atoms with E-state index in [1.165, 1.54) is 24.0 Å². The molecule has 0 bridgehead atoms. The van der Waals surface area contributed by atoms with Crippen LogP contribution in [0.5, 0.6) is 0 Å². The molecule has 1 N–H and O–H groups in total. The smallest absolute Gasteiger partial charge is 0.0559 e. The Kier molecular flexibility index (Phi) is 3.62. The zero-order chi connectivity index (χ0) is 11.4. The molecule has 16 heavy (non-hydrogen) atoms. The summed E-state index contributed by atoms with van der Waals surface area (Å²) in [7, 11) is 3.79. The van der Waals surface area contributed by atoms with Crippen LogP contribution in [0.15, 0.2) is 24.3 Å². The summed E-state index contributed by atoms with van der Waals surface area (Å²) in [6.45, 7) is 1.91. The quantitative estimate of drug-likeness (QED) is 0.791. The predicted octanol–water partition coefficient (Wildman–Crippen LogP) is 2.13. The molecule has 0 atom stereocenters. The summed E-state index contributed by atoms with van der Waals surface area (Å²) < 4.78 is 5.31. The van der Waals surface area contributed by atoms with Crippen molar-refractivity contribution in [2.75, 3.05) is 27.3 Å². The molecule has 1 aromatic rings. The summed E-state index contributed by atoms with van der Waals surface area (Å²) in [6.07, 6.45) is 3.65. The fraction of sp³-hybridized carbons (Fsp3) is 0.571. The van der Waals surface area contributed by atoms with Gasteiger partial charge in [-0.25, -0.2) is 0 Å². The van der Waals surface area contributed by atoms with Crippen LogP contribution < -0.4 is 5.32 Å². The standard InChI is InChI=1S/C14H21NO/c1-15-10-7-12-3-5-13(6-4-12)14(8-9-14)11-16-2/h3-6,15H,7-11H2,1-2H3. The normalized spacial score (nSPS) is 17.4. The first-order valence-corrected chi connectivity index (χ1v) is 6.04. The Labute approximate surface area is 98.0 Å². The lowest BCUT2D eigenvalue weighted by Crippen LogP contribution is -2.14. The Morgan fingerprint density at radius 3 is 2.44 bits per heavy atom. The monoisotopic (exact) mass is 219 g/mol. The average Bonchev–Trinajstić information content (AvgIpc) is 3.09. The third-order valence-corrected chi connectivity index (χ3v) is 3.50. The van der Waals surface area contributed by atoms with Crippen molar-refractivity contribution in [3.63, 3.8) is 0 Å². The molecule has 88 valence electrons. The van der Waals surface area contributed by atoms with Crippen molar-refractivity contribution in [3.05, 3.63) is 35.4 Å². The van der Waals surface area contributed by atoms with Crippen molar-refractivity contribution in [2.24, 2.45) is 0 Å². The molecular formula is C14H21NO. The maximum absolute atomic E-state index is 5.31. The van der Waals surface area contributed by atoms with Crippen molar-refractivity contribution in [1.82, 2.24) is 5.32 Å². The number of likely N-dealkylation sites (N-methyl/N-ethyl adjacent to an activating group) is 1. The minimum absolute atomic E-state index is 0.344. The van der Waals surface area contributed by atoms with E-state index in [9.17, 15) is 0 Å². The van der Waals surface area contributed by atoms with E-state index in [1.807, 2.05) is 7.05 Å². The van der Waals surface area contributed by atoms with Crippen molar-refractivity contribution in [3.8, 4) is 0 Å². The van der Waals surface area contributed by atoms with Gasteiger partial charge in [-0.3, -0.25) is 0 Å². The number of hydrogen-bond donors (Lipinski definition) is 1. The van der Waals surface area contributed by atoms with E-state index in [-0.39, 0.29) is 0 Å². The summed E-state index contributed by atoms with van der Waals surface area (Å²) in [5.41, 5.74) is 3.20. The number of nitrogens with one attached hydrogen (secondary N) is 1. The molecule has 0 radical (unpaired) electrons. The molecule has 1 aliphatic carbocycles. The van der Waals surface area contributed by atoms with E-state index in [0.717, 1.165) is 19.6 Å². The number of hydrogen-bond acceptors (Lipinski definition) is 2. The SMILES string of the molecule is CNCCc1ccc(C2(COC)CC2)cc1. The van der Waals surface area contributed by atoms with Crippen molar-refractivity contribution >= 4 is 0 Å². The molecular weight excluding hydrogens is 198 g/mol. The first-order chi connectivity index (χ1) is 7.80. The molecule has 0 heterocycles. The number of ether oxygens (including phenoxy) is 1. The highest BCUT2D eigenvalue weighted by molar-refractivity contribution is 5.34. The zero-order valence-electron chi connectivity index (χ0n) is 10.3. The van der Waals surface area contributed by atoms with E-state index in [4.69, 9.17) is 4.74 Å².